The molecule has 7 heteroatoms. The number of aromatic nitrogens is 5. The molecule has 158 valence electrons. The number of H-pyrrole nitrogens is 1. The highest BCUT2D eigenvalue weighted by Crippen LogP contribution is 2.29. The molecule has 4 heterocycles. The number of aromatic amines is 1. The highest BCUT2D eigenvalue weighted by Gasteiger charge is 2.16. The molecule has 4 aromatic rings. The predicted octanol–water partition coefficient (Wildman–Crippen LogP) is 4.61. The van der Waals surface area contributed by atoms with Gasteiger partial charge in [-0.15, -0.1) is 6.58 Å². The van der Waals surface area contributed by atoms with Crippen molar-refractivity contribution in [2.24, 2.45) is 0 Å². The first kappa shape index (κ1) is 19.5. The molecule has 31 heavy (non-hydrogen) atoms. The van der Waals surface area contributed by atoms with E-state index in [0.717, 1.165) is 54.0 Å². The molecular formula is C24H27N7. The number of nitrogens with one attached hydrogen (secondary N) is 3. The van der Waals surface area contributed by atoms with Gasteiger partial charge in [0, 0.05) is 35.6 Å². The maximum atomic E-state index is 4.82. The lowest BCUT2D eigenvalue weighted by atomic mass is 9.90. The van der Waals surface area contributed by atoms with Crippen molar-refractivity contribution in [1.29, 1.82) is 0 Å². The Morgan fingerprint density at radius 1 is 1.13 bits per heavy atom. The van der Waals surface area contributed by atoms with Gasteiger partial charge in [0.25, 0.3) is 0 Å². The molecule has 1 saturated heterocycles. The number of benzene rings is 1. The highest BCUT2D eigenvalue weighted by molar-refractivity contribution is 5.91. The summed E-state index contributed by atoms with van der Waals surface area (Å²) in [5.74, 6) is 1.21. The van der Waals surface area contributed by atoms with Crippen LogP contribution in [0.5, 0.6) is 0 Å². The van der Waals surface area contributed by atoms with E-state index in [1.54, 1.807) is 0 Å². The molecule has 0 bridgehead atoms. The second-order valence-electron chi connectivity index (χ2n) is 7.98. The Hall–Kier alpha value is -3.45. The van der Waals surface area contributed by atoms with Crippen molar-refractivity contribution in [3.8, 4) is 11.3 Å². The van der Waals surface area contributed by atoms with Gasteiger partial charge < -0.3 is 15.6 Å². The summed E-state index contributed by atoms with van der Waals surface area (Å²) < 4.78 is 1.92. The molecule has 0 radical (unpaired) electrons. The smallest absolute Gasteiger partial charge is 0.229 e. The Bertz CT molecular complexity index is 1170. The topological polar surface area (TPSA) is 83.5 Å². The van der Waals surface area contributed by atoms with Gasteiger partial charge in [-0.2, -0.15) is 10.1 Å². The van der Waals surface area contributed by atoms with Gasteiger partial charge in [-0.1, -0.05) is 18.2 Å². The third-order valence-corrected chi connectivity index (χ3v) is 5.86. The van der Waals surface area contributed by atoms with Crippen LogP contribution in [-0.4, -0.2) is 37.8 Å². The second kappa shape index (κ2) is 8.73. The lowest BCUT2D eigenvalue weighted by molar-refractivity contribution is 0.460. The maximum Gasteiger partial charge on any atom is 0.229 e. The Morgan fingerprint density at radius 3 is 2.77 bits per heavy atom. The maximum absolute atomic E-state index is 4.82. The molecule has 0 aliphatic carbocycles. The van der Waals surface area contributed by atoms with Crippen LogP contribution < -0.4 is 10.6 Å². The summed E-state index contributed by atoms with van der Waals surface area (Å²) >= 11 is 0. The number of anilines is 2. The van der Waals surface area contributed by atoms with E-state index in [2.05, 4.69) is 56.5 Å². The van der Waals surface area contributed by atoms with Crippen molar-refractivity contribution in [1.82, 2.24) is 30.0 Å². The van der Waals surface area contributed by atoms with Crippen LogP contribution in [-0.2, 0) is 6.54 Å². The van der Waals surface area contributed by atoms with Gasteiger partial charge in [-0.05, 0) is 62.0 Å². The van der Waals surface area contributed by atoms with Gasteiger partial charge in [0.2, 0.25) is 5.95 Å². The minimum absolute atomic E-state index is 0.568. The van der Waals surface area contributed by atoms with Crippen molar-refractivity contribution >= 4 is 22.7 Å². The monoisotopic (exact) mass is 413 g/mol. The average molecular weight is 414 g/mol. The Balaban J connectivity index is 1.40. The van der Waals surface area contributed by atoms with E-state index in [4.69, 9.17) is 4.98 Å². The predicted molar refractivity (Wildman–Crippen MR) is 124 cm³/mol. The summed E-state index contributed by atoms with van der Waals surface area (Å²) in [5, 5.41) is 12.2. The molecule has 1 fully saturated rings. The largest absolute Gasteiger partial charge is 0.346 e. The third kappa shape index (κ3) is 4.22. The van der Waals surface area contributed by atoms with Crippen LogP contribution in [0.2, 0.25) is 0 Å². The van der Waals surface area contributed by atoms with Gasteiger partial charge in [-0.3, -0.25) is 4.68 Å². The molecule has 3 aromatic heterocycles. The number of fused-ring (bicyclic) bond motifs is 1. The first-order valence-electron chi connectivity index (χ1n) is 10.9. The Kier molecular flexibility index (Phi) is 5.50. The third-order valence-electron chi connectivity index (χ3n) is 5.86. The van der Waals surface area contributed by atoms with Crippen LogP contribution in [0.15, 0.2) is 61.6 Å². The van der Waals surface area contributed by atoms with E-state index in [-0.39, 0.29) is 0 Å². The number of allylic oxidation sites excluding steroid dienone is 1. The van der Waals surface area contributed by atoms with Gasteiger partial charge >= 0.3 is 0 Å². The zero-order chi connectivity index (χ0) is 21.0. The zero-order valence-corrected chi connectivity index (χ0v) is 17.5. The SMILES string of the molecule is C=CCCn1cc(-c2nc(Nc3ccc(C4CCNCC4)cc3)nc3[nH]ccc23)cn1. The lowest BCUT2D eigenvalue weighted by Gasteiger charge is -2.23. The van der Waals surface area contributed by atoms with Crippen molar-refractivity contribution in [3.05, 3.63) is 67.1 Å². The van der Waals surface area contributed by atoms with Crippen LogP contribution >= 0.6 is 0 Å². The molecule has 0 spiro atoms. The minimum atomic E-state index is 0.568. The standard InChI is InChI=1S/C24H27N7/c1-2-3-14-31-16-19(15-27-31)22-21-10-13-26-23(21)30-24(29-22)28-20-6-4-17(5-7-20)18-8-11-25-12-9-18/h2,4-7,10,13,15-16,18,25H,1,3,8-9,11-12,14H2,(H2,26,28,29,30). The molecule has 0 saturated carbocycles. The van der Waals surface area contributed by atoms with Crippen LogP contribution in [0.1, 0.15) is 30.7 Å². The fourth-order valence-electron chi connectivity index (χ4n) is 4.17. The quantitative estimate of drug-likeness (QED) is 0.386. The summed E-state index contributed by atoms with van der Waals surface area (Å²) in [6.45, 7) is 6.78. The van der Waals surface area contributed by atoms with Gasteiger partial charge in [0.05, 0.1) is 11.9 Å². The molecule has 3 N–H and O–H groups in total. The number of piperidine rings is 1. The summed E-state index contributed by atoms with van der Waals surface area (Å²) in [4.78, 5) is 12.7. The molecule has 0 unspecified atom stereocenters. The summed E-state index contributed by atoms with van der Waals surface area (Å²) in [5.41, 5.74) is 5.03. The molecule has 1 aromatic carbocycles. The molecule has 1 aliphatic rings. The Labute approximate surface area is 181 Å². The van der Waals surface area contributed by atoms with E-state index in [0.29, 0.717) is 11.9 Å². The molecule has 5 rings (SSSR count). The molecule has 7 nitrogen and oxygen atoms in total. The summed E-state index contributed by atoms with van der Waals surface area (Å²) in [6.07, 6.45) is 10.9. The normalized spacial score (nSPS) is 14.7. The van der Waals surface area contributed by atoms with Crippen molar-refractivity contribution in [2.45, 2.75) is 31.7 Å². The van der Waals surface area contributed by atoms with Gasteiger partial charge in [0.15, 0.2) is 0 Å². The van der Waals surface area contributed by atoms with E-state index in [9.17, 15) is 0 Å². The first-order valence-corrected chi connectivity index (χ1v) is 10.9. The highest BCUT2D eigenvalue weighted by atomic mass is 15.3. The molecule has 0 amide bonds. The lowest BCUT2D eigenvalue weighted by Crippen LogP contribution is -2.26. The van der Waals surface area contributed by atoms with Crippen molar-refractivity contribution in [3.63, 3.8) is 0 Å². The molecule has 0 atom stereocenters. The summed E-state index contributed by atoms with van der Waals surface area (Å²) in [6, 6.07) is 10.7. The average Bonchev–Trinajstić information content (AvgIpc) is 3.48. The fourth-order valence-corrected chi connectivity index (χ4v) is 4.17. The van der Waals surface area contributed by atoms with Crippen LogP contribution in [0.25, 0.3) is 22.3 Å². The second-order valence-corrected chi connectivity index (χ2v) is 7.98. The fraction of sp³-hybridized carbons (Fsp3) is 0.292. The van der Waals surface area contributed by atoms with E-state index >= 15 is 0 Å². The number of hydrogen-bond acceptors (Lipinski definition) is 5. The Morgan fingerprint density at radius 2 is 1.97 bits per heavy atom. The van der Waals surface area contributed by atoms with Crippen LogP contribution in [0.4, 0.5) is 11.6 Å². The first-order chi connectivity index (χ1) is 15.3. The number of nitrogens with zero attached hydrogens (tertiary/aromatic N) is 4. The van der Waals surface area contributed by atoms with Crippen molar-refractivity contribution in [2.75, 3.05) is 18.4 Å². The van der Waals surface area contributed by atoms with Crippen LogP contribution in [0.3, 0.4) is 0 Å². The molecule has 1 aliphatic heterocycles. The van der Waals surface area contributed by atoms with Gasteiger partial charge in [0.1, 0.15) is 5.65 Å². The van der Waals surface area contributed by atoms with Crippen molar-refractivity contribution < 1.29 is 0 Å². The zero-order valence-electron chi connectivity index (χ0n) is 17.5. The molecular weight excluding hydrogens is 386 g/mol. The van der Waals surface area contributed by atoms with E-state index in [1.807, 2.05) is 35.4 Å². The van der Waals surface area contributed by atoms with Gasteiger partial charge in [-0.25, -0.2) is 4.98 Å². The van der Waals surface area contributed by atoms with E-state index in [1.165, 1.54) is 18.4 Å². The summed E-state index contributed by atoms with van der Waals surface area (Å²) in [7, 11) is 0. The minimum Gasteiger partial charge on any atom is -0.346 e. The van der Waals surface area contributed by atoms with E-state index < -0.39 is 0 Å². The number of rotatable bonds is 7. The number of hydrogen-bond donors (Lipinski definition) is 3. The number of aryl methyl sites for hydroxylation is 1. The van der Waals surface area contributed by atoms with Crippen LogP contribution in [0, 0.1) is 0 Å².